The van der Waals surface area contributed by atoms with E-state index in [0.29, 0.717) is 10.9 Å². The maximum atomic E-state index is 10.4. The predicted octanol–water partition coefficient (Wildman–Crippen LogP) is 5.51. The van der Waals surface area contributed by atoms with Crippen LogP contribution in [-0.2, 0) is 5.41 Å². The number of allylic oxidation sites excluding steroid dienone is 1. The lowest BCUT2D eigenvalue weighted by molar-refractivity contribution is 0.226. The Labute approximate surface area is 192 Å². The number of carbonyl (C=O) groups excluding carboxylic acids is 1. The summed E-state index contributed by atoms with van der Waals surface area (Å²) in [7, 11) is 3.35. The van der Waals surface area contributed by atoms with E-state index in [1.54, 1.807) is 19.1 Å². The van der Waals surface area contributed by atoms with E-state index in [2.05, 4.69) is 77.3 Å². The van der Waals surface area contributed by atoms with Crippen LogP contribution in [0.25, 0.3) is 5.57 Å². The molecule has 0 saturated carbocycles. The normalized spacial score (nSPS) is 14.2. The van der Waals surface area contributed by atoms with Gasteiger partial charge in [-0.1, -0.05) is 78.6 Å². The largest absolute Gasteiger partial charge is 0.480 e. The van der Waals surface area contributed by atoms with E-state index in [-0.39, 0.29) is 11.4 Å². The fourth-order valence-corrected chi connectivity index (χ4v) is 3.39. The van der Waals surface area contributed by atoms with E-state index in [4.69, 9.17) is 16.3 Å². The third kappa shape index (κ3) is 6.47. The lowest BCUT2D eigenvalue weighted by Gasteiger charge is -2.19. The summed E-state index contributed by atoms with van der Waals surface area (Å²) in [6.07, 6.45) is 2.10. The Kier molecular flexibility index (Phi) is 8.74. The van der Waals surface area contributed by atoms with Crippen LogP contribution in [0.15, 0.2) is 42.5 Å². The second-order valence-electron chi connectivity index (χ2n) is 7.94. The second-order valence-corrected chi connectivity index (χ2v) is 9.00. The number of benzene rings is 1. The topological polar surface area (TPSA) is 54.5 Å². The van der Waals surface area contributed by atoms with Crippen molar-refractivity contribution in [1.82, 2.24) is 15.2 Å². The third-order valence-corrected chi connectivity index (χ3v) is 5.31. The van der Waals surface area contributed by atoms with Crippen molar-refractivity contribution in [2.45, 2.75) is 26.2 Å². The van der Waals surface area contributed by atoms with Crippen LogP contribution in [0, 0.1) is 0 Å². The molecule has 5 nitrogen and oxygen atoms in total. The molecule has 0 spiro atoms. The molecule has 30 heavy (non-hydrogen) atoms. The van der Waals surface area contributed by atoms with Gasteiger partial charge < -0.3 is 15.0 Å². The van der Waals surface area contributed by atoms with Crippen molar-refractivity contribution < 1.29 is 9.53 Å². The van der Waals surface area contributed by atoms with Crippen LogP contribution in [0.1, 0.15) is 37.6 Å². The van der Waals surface area contributed by atoms with Crippen LogP contribution in [0.5, 0.6) is 5.88 Å². The van der Waals surface area contributed by atoms with Crippen LogP contribution in [0.2, 0.25) is 5.02 Å². The molecule has 3 rings (SSSR count). The van der Waals surface area contributed by atoms with E-state index < -0.39 is 0 Å². The molecule has 162 valence electrons. The van der Waals surface area contributed by atoms with Crippen LogP contribution < -0.4 is 10.1 Å². The molecule has 1 aliphatic rings. The number of alkyl halides is 1. The van der Waals surface area contributed by atoms with Gasteiger partial charge in [0.25, 0.3) is 0 Å². The van der Waals surface area contributed by atoms with Gasteiger partial charge in [-0.05, 0) is 28.7 Å². The predicted molar refractivity (Wildman–Crippen MR) is 128 cm³/mol. The highest BCUT2D eigenvalue weighted by molar-refractivity contribution is 9.09. The van der Waals surface area contributed by atoms with Crippen LogP contribution in [-0.4, -0.2) is 48.5 Å². The van der Waals surface area contributed by atoms with Gasteiger partial charge in [0.2, 0.25) is 5.88 Å². The molecule has 2 heterocycles. The molecule has 1 saturated heterocycles. The summed E-state index contributed by atoms with van der Waals surface area (Å²) in [5.74, 6) is 0.441. The van der Waals surface area contributed by atoms with E-state index in [0.717, 1.165) is 35.3 Å². The number of halogens is 2. The Morgan fingerprint density at radius 3 is 2.37 bits per heavy atom. The number of ether oxygens (including phenoxy) is 1. The Morgan fingerprint density at radius 2 is 1.93 bits per heavy atom. The van der Waals surface area contributed by atoms with Crippen molar-refractivity contribution in [2.75, 3.05) is 32.6 Å². The minimum absolute atomic E-state index is 0.0417. The Morgan fingerprint density at radius 1 is 1.27 bits per heavy atom. The molecule has 0 aliphatic carbocycles. The molecular weight excluding hydrogens is 466 g/mol. The zero-order valence-electron chi connectivity index (χ0n) is 18.1. The van der Waals surface area contributed by atoms with E-state index in [1.165, 1.54) is 5.56 Å². The molecule has 0 unspecified atom stereocenters. The first-order valence-electron chi connectivity index (χ1n) is 9.74. The van der Waals surface area contributed by atoms with Crippen molar-refractivity contribution in [2.24, 2.45) is 0 Å². The number of pyridine rings is 1. The summed E-state index contributed by atoms with van der Waals surface area (Å²) in [4.78, 5) is 16.6. The third-order valence-electron chi connectivity index (χ3n) is 4.70. The smallest absolute Gasteiger partial charge is 0.317 e. The first-order chi connectivity index (χ1) is 14.2. The van der Waals surface area contributed by atoms with Gasteiger partial charge in [-0.3, -0.25) is 0 Å². The molecule has 0 atom stereocenters. The second kappa shape index (κ2) is 10.8. The lowest BCUT2D eigenvalue weighted by Crippen LogP contribution is -2.23. The Balaban J connectivity index is 0.000000386. The molecule has 1 N–H and O–H groups in total. The summed E-state index contributed by atoms with van der Waals surface area (Å²) in [6, 6.07) is 12.4. The number of nitrogens with zero attached hydrogens (tertiary/aromatic N) is 2. The average molecular weight is 495 g/mol. The molecule has 2 aromatic rings. The molecule has 2 amide bonds. The summed E-state index contributed by atoms with van der Waals surface area (Å²) in [6.45, 7) is 8.28. The standard InChI is InChI=1S/C19H21BrClNO.C4H8N2O/c1-19(2,3)14-7-5-13(6-8-14)15(11-12-20)17-10-9-16(21)18(22-17)23-4;1-6-3-2-5-4(6)7/h5-11H,12H2,1-4H3;2-3H2,1H3,(H,5,7)/b15-11+;. The number of likely N-dealkylation sites (N-methyl/N-ethyl adjacent to an activating group) is 1. The number of rotatable bonds is 4. The van der Waals surface area contributed by atoms with Crippen molar-refractivity contribution in [3.05, 3.63) is 64.3 Å². The number of methoxy groups -OCH3 is 1. The van der Waals surface area contributed by atoms with Crippen molar-refractivity contribution in [3.63, 3.8) is 0 Å². The summed E-state index contributed by atoms with van der Waals surface area (Å²) in [5, 5.41) is 3.91. The van der Waals surface area contributed by atoms with E-state index >= 15 is 0 Å². The first kappa shape index (κ1) is 24.2. The number of hydrogen-bond donors (Lipinski definition) is 1. The van der Waals surface area contributed by atoms with Crippen LogP contribution in [0.4, 0.5) is 4.79 Å². The molecule has 1 aliphatic heterocycles. The fourth-order valence-electron chi connectivity index (χ4n) is 2.88. The summed E-state index contributed by atoms with van der Waals surface area (Å²) in [5.41, 5.74) is 4.46. The molecule has 1 aromatic carbocycles. The summed E-state index contributed by atoms with van der Waals surface area (Å²) < 4.78 is 5.23. The van der Waals surface area contributed by atoms with Gasteiger partial charge in [0.15, 0.2) is 0 Å². The number of amides is 2. The highest BCUT2D eigenvalue weighted by Gasteiger charge is 2.15. The summed E-state index contributed by atoms with van der Waals surface area (Å²) >= 11 is 9.56. The minimum atomic E-state index is 0.0417. The molecular formula is C23H29BrClN3O2. The number of urea groups is 1. The zero-order chi connectivity index (χ0) is 22.3. The SMILES string of the molecule is CN1CCNC1=O.COc1nc(/C(=C/CBr)c2ccc(C(C)(C)C)cc2)ccc1Cl. The molecule has 1 aromatic heterocycles. The average Bonchev–Trinajstić information content (AvgIpc) is 3.09. The number of carbonyl (C=O) groups is 1. The molecule has 0 bridgehead atoms. The fraction of sp³-hybridized carbons (Fsp3) is 0.391. The van der Waals surface area contributed by atoms with Gasteiger partial charge in [0.1, 0.15) is 5.02 Å². The van der Waals surface area contributed by atoms with Crippen molar-refractivity contribution in [1.29, 1.82) is 0 Å². The van der Waals surface area contributed by atoms with Gasteiger partial charge >= 0.3 is 6.03 Å². The quantitative estimate of drug-likeness (QED) is 0.570. The van der Waals surface area contributed by atoms with Gasteiger partial charge in [0.05, 0.1) is 12.8 Å². The highest BCUT2D eigenvalue weighted by Crippen LogP contribution is 2.30. The van der Waals surface area contributed by atoms with E-state index in [9.17, 15) is 4.79 Å². The molecule has 7 heteroatoms. The zero-order valence-corrected chi connectivity index (χ0v) is 20.5. The van der Waals surface area contributed by atoms with Gasteiger partial charge in [0, 0.05) is 31.0 Å². The Bertz CT molecular complexity index is 892. The maximum absolute atomic E-state index is 10.4. The van der Waals surface area contributed by atoms with Gasteiger partial charge in [-0.2, -0.15) is 0 Å². The van der Waals surface area contributed by atoms with Crippen LogP contribution in [0.3, 0.4) is 0 Å². The lowest BCUT2D eigenvalue weighted by atomic mass is 9.86. The number of hydrogen-bond acceptors (Lipinski definition) is 3. The Hall–Kier alpha value is -2.05. The van der Waals surface area contributed by atoms with Gasteiger partial charge in [-0.25, -0.2) is 9.78 Å². The van der Waals surface area contributed by atoms with Crippen molar-refractivity contribution in [3.8, 4) is 5.88 Å². The van der Waals surface area contributed by atoms with Crippen molar-refractivity contribution >= 4 is 39.1 Å². The highest BCUT2D eigenvalue weighted by atomic mass is 79.9. The number of nitrogens with one attached hydrogen (secondary N) is 1. The number of aromatic nitrogens is 1. The first-order valence-corrected chi connectivity index (χ1v) is 11.2. The van der Waals surface area contributed by atoms with E-state index in [1.807, 2.05) is 12.1 Å². The maximum Gasteiger partial charge on any atom is 0.317 e. The molecule has 1 fully saturated rings. The minimum Gasteiger partial charge on any atom is -0.480 e. The van der Waals surface area contributed by atoms with Gasteiger partial charge in [-0.15, -0.1) is 0 Å². The molecule has 0 radical (unpaired) electrons. The monoisotopic (exact) mass is 493 g/mol. The van der Waals surface area contributed by atoms with Crippen LogP contribution >= 0.6 is 27.5 Å².